The average Bonchev–Trinajstić information content (AvgIpc) is 2.98. The molecule has 2 amide bonds. The van der Waals surface area contributed by atoms with Crippen LogP contribution in [-0.2, 0) is 16.4 Å². The molecule has 2 aromatic carbocycles. The first-order valence-corrected chi connectivity index (χ1v) is 11.1. The molecule has 0 spiro atoms. The lowest BCUT2D eigenvalue weighted by molar-refractivity contribution is 0.206. The van der Waals surface area contributed by atoms with Gasteiger partial charge in [0.1, 0.15) is 0 Å². The van der Waals surface area contributed by atoms with E-state index < -0.39 is 9.84 Å². The van der Waals surface area contributed by atoms with Crippen LogP contribution in [0.1, 0.15) is 16.7 Å². The summed E-state index contributed by atoms with van der Waals surface area (Å²) in [5.41, 5.74) is 3.74. The van der Waals surface area contributed by atoms with E-state index in [2.05, 4.69) is 0 Å². The molecular formula is C20H21ClN2O3S. The van der Waals surface area contributed by atoms with Gasteiger partial charge in [-0.1, -0.05) is 29.8 Å². The molecule has 0 saturated carbocycles. The third-order valence-corrected chi connectivity index (χ3v) is 7.14. The molecule has 2 heterocycles. The van der Waals surface area contributed by atoms with Crippen molar-refractivity contribution in [1.82, 2.24) is 4.90 Å². The van der Waals surface area contributed by atoms with E-state index in [1.165, 1.54) is 0 Å². The van der Waals surface area contributed by atoms with Gasteiger partial charge < -0.3 is 4.90 Å². The molecule has 2 aliphatic rings. The molecule has 2 aromatic rings. The number of amides is 2. The summed E-state index contributed by atoms with van der Waals surface area (Å²) in [7, 11) is -3.19. The Morgan fingerprint density at radius 2 is 1.70 bits per heavy atom. The Morgan fingerprint density at radius 3 is 2.37 bits per heavy atom. The van der Waals surface area contributed by atoms with Crippen molar-refractivity contribution < 1.29 is 13.2 Å². The van der Waals surface area contributed by atoms with Crippen molar-refractivity contribution in [2.75, 3.05) is 16.4 Å². The molecule has 27 heavy (non-hydrogen) atoms. The fraction of sp³-hybridized carbons (Fsp3) is 0.350. The Hall–Kier alpha value is -2.05. The maximum atomic E-state index is 13.3. The molecule has 5 nitrogen and oxygen atoms in total. The highest BCUT2D eigenvalue weighted by atomic mass is 35.5. The van der Waals surface area contributed by atoms with Gasteiger partial charge >= 0.3 is 6.03 Å². The zero-order chi connectivity index (χ0) is 19.3. The third kappa shape index (κ3) is 3.44. The van der Waals surface area contributed by atoms with Crippen LogP contribution in [0.2, 0.25) is 5.02 Å². The van der Waals surface area contributed by atoms with Crippen molar-refractivity contribution in [3.05, 3.63) is 64.2 Å². The number of rotatable bonds is 3. The molecule has 2 aliphatic heterocycles. The molecule has 0 bridgehead atoms. The van der Waals surface area contributed by atoms with E-state index in [1.807, 2.05) is 50.2 Å². The first-order chi connectivity index (χ1) is 12.7. The molecule has 2 unspecified atom stereocenters. The molecule has 0 N–H and O–H groups in total. The highest BCUT2D eigenvalue weighted by Gasteiger charge is 2.53. The molecule has 4 rings (SSSR count). The molecule has 0 aromatic heterocycles. The Morgan fingerprint density at radius 1 is 1.04 bits per heavy atom. The van der Waals surface area contributed by atoms with Gasteiger partial charge in [-0.25, -0.2) is 13.2 Å². The van der Waals surface area contributed by atoms with E-state index in [1.54, 1.807) is 15.9 Å². The van der Waals surface area contributed by atoms with Gasteiger partial charge in [0.25, 0.3) is 0 Å². The number of fused-ring (bicyclic) bond motifs is 1. The Balaban J connectivity index is 1.73. The van der Waals surface area contributed by atoms with E-state index in [-0.39, 0.29) is 29.6 Å². The summed E-state index contributed by atoms with van der Waals surface area (Å²) in [5, 5.41) is 0.598. The van der Waals surface area contributed by atoms with E-state index in [0.717, 1.165) is 22.4 Å². The summed E-state index contributed by atoms with van der Waals surface area (Å²) < 4.78 is 24.7. The SMILES string of the molecule is Cc1cc(C)cc(N2C(=O)N(Cc3cccc(Cl)c3)C3CS(=O)(=O)CC32)c1. The van der Waals surface area contributed by atoms with E-state index in [9.17, 15) is 13.2 Å². The number of hydrogen-bond donors (Lipinski definition) is 0. The van der Waals surface area contributed by atoms with Crippen molar-refractivity contribution in [1.29, 1.82) is 0 Å². The van der Waals surface area contributed by atoms with Crippen LogP contribution in [0.5, 0.6) is 0 Å². The highest BCUT2D eigenvalue weighted by Crippen LogP contribution is 2.36. The summed E-state index contributed by atoms with van der Waals surface area (Å²) in [6.45, 7) is 4.30. The van der Waals surface area contributed by atoms with E-state index in [0.29, 0.717) is 11.6 Å². The standard InChI is InChI=1S/C20H21ClN2O3S/c1-13-6-14(2)8-17(7-13)23-19-12-27(25,26)11-18(19)22(20(23)24)10-15-4-3-5-16(21)9-15/h3-9,18-19H,10-12H2,1-2H3. The first-order valence-electron chi connectivity index (χ1n) is 8.86. The summed E-state index contributed by atoms with van der Waals surface area (Å²) >= 11 is 6.07. The van der Waals surface area contributed by atoms with E-state index >= 15 is 0 Å². The summed E-state index contributed by atoms with van der Waals surface area (Å²) in [5.74, 6) is 0.00765. The smallest absolute Gasteiger partial charge is 0.314 e. The van der Waals surface area contributed by atoms with Gasteiger partial charge in [0.15, 0.2) is 9.84 Å². The highest BCUT2D eigenvalue weighted by molar-refractivity contribution is 7.91. The maximum absolute atomic E-state index is 13.3. The molecule has 0 radical (unpaired) electrons. The van der Waals surface area contributed by atoms with Crippen LogP contribution >= 0.6 is 11.6 Å². The van der Waals surface area contributed by atoms with Crippen LogP contribution in [0.15, 0.2) is 42.5 Å². The van der Waals surface area contributed by atoms with Crippen LogP contribution < -0.4 is 4.90 Å². The normalized spacial score (nSPS) is 23.7. The first kappa shape index (κ1) is 18.3. The van der Waals surface area contributed by atoms with Crippen molar-refractivity contribution in [3.8, 4) is 0 Å². The van der Waals surface area contributed by atoms with Crippen LogP contribution in [0.3, 0.4) is 0 Å². The minimum absolute atomic E-state index is 0.00242. The number of hydrogen-bond acceptors (Lipinski definition) is 3. The molecule has 2 atom stereocenters. The maximum Gasteiger partial charge on any atom is 0.325 e. The second-order valence-electron chi connectivity index (χ2n) is 7.47. The average molecular weight is 405 g/mol. The van der Waals surface area contributed by atoms with Gasteiger partial charge in [-0.15, -0.1) is 0 Å². The van der Waals surface area contributed by atoms with Crippen LogP contribution in [0.4, 0.5) is 10.5 Å². The Labute approximate surface area is 164 Å². The lowest BCUT2D eigenvalue weighted by Gasteiger charge is -2.23. The molecule has 7 heteroatoms. The van der Waals surface area contributed by atoms with Gasteiger partial charge in [-0.05, 0) is 54.8 Å². The van der Waals surface area contributed by atoms with Gasteiger partial charge in [0.2, 0.25) is 0 Å². The van der Waals surface area contributed by atoms with Crippen molar-refractivity contribution >= 4 is 33.2 Å². The summed E-state index contributed by atoms with van der Waals surface area (Å²) in [6, 6.07) is 12.4. The number of anilines is 1. The number of sulfone groups is 1. The largest absolute Gasteiger partial charge is 0.325 e. The van der Waals surface area contributed by atoms with Gasteiger partial charge in [0.05, 0.1) is 23.6 Å². The van der Waals surface area contributed by atoms with Crippen LogP contribution in [0.25, 0.3) is 0 Å². The number of urea groups is 1. The fourth-order valence-corrected chi connectivity index (χ4v) is 6.35. The quantitative estimate of drug-likeness (QED) is 0.735. The lowest BCUT2D eigenvalue weighted by atomic mass is 10.1. The number of halogens is 1. The second-order valence-corrected chi connectivity index (χ2v) is 10.1. The van der Waals surface area contributed by atoms with Crippen molar-refractivity contribution in [2.45, 2.75) is 32.5 Å². The van der Waals surface area contributed by atoms with Gasteiger partial charge in [0, 0.05) is 17.3 Å². The molecule has 2 saturated heterocycles. The van der Waals surface area contributed by atoms with Crippen molar-refractivity contribution in [3.63, 3.8) is 0 Å². The third-order valence-electron chi connectivity index (χ3n) is 5.20. The Kier molecular flexibility index (Phi) is 4.43. The minimum Gasteiger partial charge on any atom is -0.314 e. The molecule has 2 fully saturated rings. The summed E-state index contributed by atoms with van der Waals surface area (Å²) in [4.78, 5) is 16.6. The number of nitrogens with zero attached hydrogens (tertiary/aromatic N) is 2. The van der Waals surface area contributed by atoms with Crippen molar-refractivity contribution in [2.24, 2.45) is 0 Å². The zero-order valence-electron chi connectivity index (χ0n) is 15.2. The van der Waals surface area contributed by atoms with Gasteiger partial charge in [-0.3, -0.25) is 4.90 Å². The number of carbonyl (C=O) groups excluding carboxylic acids is 1. The second kappa shape index (κ2) is 6.53. The fourth-order valence-electron chi connectivity index (χ4n) is 4.19. The predicted molar refractivity (Wildman–Crippen MR) is 107 cm³/mol. The lowest BCUT2D eigenvalue weighted by Crippen LogP contribution is -2.37. The zero-order valence-corrected chi connectivity index (χ0v) is 16.8. The molecule has 0 aliphatic carbocycles. The Bertz CT molecular complexity index is 1000. The number of aryl methyl sites for hydroxylation is 2. The van der Waals surface area contributed by atoms with Crippen LogP contribution in [-0.4, -0.2) is 42.9 Å². The topological polar surface area (TPSA) is 57.7 Å². The van der Waals surface area contributed by atoms with E-state index in [4.69, 9.17) is 11.6 Å². The molecular weight excluding hydrogens is 384 g/mol. The minimum atomic E-state index is -3.19. The predicted octanol–water partition coefficient (Wildman–Crippen LogP) is 3.56. The van der Waals surface area contributed by atoms with Gasteiger partial charge in [-0.2, -0.15) is 0 Å². The molecule has 142 valence electrons. The monoisotopic (exact) mass is 404 g/mol. The summed E-state index contributed by atoms with van der Waals surface area (Å²) in [6.07, 6.45) is 0. The number of benzene rings is 2. The van der Waals surface area contributed by atoms with Crippen LogP contribution in [0, 0.1) is 13.8 Å². The number of carbonyl (C=O) groups is 1.